The van der Waals surface area contributed by atoms with Crippen LogP contribution in [-0.2, 0) is 14.3 Å². The van der Waals surface area contributed by atoms with Gasteiger partial charge in [-0.15, -0.1) is 0 Å². The minimum Gasteiger partial charge on any atom is -0.456 e. The van der Waals surface area contributed by atoms with Crippen LogP contribution in [0.15, 0.2) is 34.9 Å². The quantitative estimate of drug-likeness (QED) is 0.469. The van der Waals surface area contributed by atoms with E-state index in [9.17, 15) is 14.4 Å². The Balaban J connectivity index is 1.78. The monoisotopic (exact) mass is 472 g/mol. The molecule has 0 bridgehead atoms. The Morgan fingerprint density at radius 1 is 1.15 bits per heavy atom. The largest absolute Gasteiger partial charge is 0.456 e. The molecule has 2 rings (SSSR count). The number of Topliss-reactive ketones (excluding diaryl/α,β-unsaturated/α-hetero) is 1. The number of pyridine rings is 1. The van der Waals surface area contributed by atoms with Gasteiger partial charge >= 0.3 is 5.97 Å². The Morgan fingerprint density at radius 3 is 2.48 bits per heavy atom. The summed E-state index contributed by atoms with van der Waals surface area (Å²) < 4.78 is 5.72. The molecule has 0 aliphatic rings. The van der Waals surface area contributed by atoms with E-state index in [2.05, 4.69) is 26.2 Å². The number of anilines is 1. The summed E-state index contributed by atoms with van der Waals surface area (Å²) >= 11 is 15.2. The zero-order valence-electron chi connectivity index (χ0n) is 14.2. The fraction of sp³-hybridized carbons (Fsp3) is 0.222. The van der Waals surface area contributed by atoms with Crippen molar-refractivity contribution < 1.29 is 19.1 Å². The van der Waals surface area contributed by atoms with Gasteiger partial charge in [-0.2, -0.15) is 0 Å². The summed E-state index contributed by atoms with van der Waals surface area (Å²) in [6.07, 6.45) is 1.23. The van der Waals surface area contributed by atoms with Crippen molar-refractivity contribution in [2.75, 3.05) is 11.9 Å². The number of hydrogen-bond donors (Lipinski definition) is 1. The van der Waals surface area contributed by atoms with Gasteiger partial charge < -0.3 is 10.1 Å². The smallest absolute Gasteiger partial charge is 0.306 e. The molecule has 0 spiro atoms. The second-order valence-corrected chi connectivity index (χ2v) is 7.23. The molecule has 1 N–H and O–H groups in total. The van der Waals surface area contributed by atoms with Gasteiger partial charge in [-0.25, -0.2) is 4.98 Å². The zero-order valence-corrected chi connectivity index (χ0v) is 17.3. The number of aromatic nitrogens is 1. The van der Waals surface area contributed by atoms with E-state index >= 15 is 0 Å². The standard InChI is InChI=1S/C18H15BrCl2N2O4/c1-10-13(20)8-22-18(17(10)21)23-15(25)9-27-16(26)7-6-14(24)11-2-4-12(19)5-3-11/h2-5,8H,6-7,9H2,1H3,(H,22,23,25). The summed E-state index contributed by atoms with van der Waals surface area (Å²) in [6.45, 7) is 1.18. The van der Waals surface area contributed by atoms with Crippen molar-refractivity contribution in [3.8, 4) is 0 Å². The van der Waals surface area contributed by atoms with E-state index in [4.69, 9.17) is 27.9 Å². The van der Waals surface area contributed by atoms with E-state index in [0.717, 1.165) is 4.47 Å². The first-order valence-electron chi connectivity index (χ1n) is 7.82. The number of benzene rings is 1. The number of nitrogens with one attached hydrogen (secondary N) is 1. The van der Waals surface area contributed by atoms with Gasteiger partial charge in [0.15, 0.2) is 18.2 Å². The molecule has 9 heteroatoms. The lowest BCUT2D eigenvalue weighted by molar-refractivity contribution is -0.147. The third-order valence-corrected chi connectivity index (χ3v) is 4.92. The number of carbonyl (C=O) groups excluding carboxylic acids is 3. The SMILES string of the molecule is Cc1c(Cl)cnc(NC(=O)COC(=O)CCC(=O)c2ccc(Br)cc2)c1Cl. The Bertz CT molecular complexity index is 872. The zero-order chi connectivity index (χ0) is 20.0. The molecule has 6 nitrogen and oxygen atoms in total. The van der Waals surface area contributed by atoms with E-state index in [1.165, 1.54) is 6.20 Å². The van der Waals surface area contributed by atoms with E-state index < -0.39 is 18.5 Å². The number of nitrogens with zero attached hydrogens (tertiary/aromatic N) is 1. The molecule has 0 saturated carbocycles. The van der Waals surface area contributed by atoms with Crippen molar-refractivity contribution in [1.29, 1.82) is 0 Å². The van der Waals surface area contributed by atoms with Gasteiger partial charge in [-0.05, 0) is 24.6 Å². The maximum atomic E-state index is 12.0. The average Bonchev–Trinajstić information content (AvgIpc) is 2.65. The number of esters is 1. The summed E-state index contributed by atoms with van der Waals surface area (Å²) in [4.78, 5) is 39.5. The van der Waals surface area contributed by atoms with Crippen LogP contribution in [0.4, 0.5) is 5.82 Å². The highest BCUT2D eigenvalue weighted by atomic mass is 79.9. The highest BCUT2D eigenvalue weighted by Crippen LogP contribution is 2.28. The minimum absolute atomic E-state index is 0.00809. The third-order valence-electron chi connectivity index (χ3n) is 3.55. The molecule has 1 aromatic heterocycles. The van der Waals surface area contributed by atoms with Crippen LogP contribution in [0, 0.1) is 6.92 Å². The topological polar surface area (TPSA) is 85.4 Å². The Kier molecular flexibility index (Phi) is 7.77. The Labute approximate surface area is 174 Å². The Morgan fingerprint density at radius 2 is 1.81 bits per heavy atom. The first-order valence-corrected chi connectivity index (χ1v) is 9.37. The molecule has 0 unspecified atom stereocenters. The number of halogens is 3. The number of rotatable bonds is 7. The van der Waals surface area contributed by atoms with Gasteiger partial charge in [0.2, 0.25) is 0 Å². The first kappa shape index (κ1) is 21.3. The highest BCUT2D eigenvalue weighted by molar-refractivity contribution is 9.10. The molecule has 27 heavy (non-hydrogen) atoms. The maximum absolute atomic E-state index is 12.0. The van der Waals surface area contributed by atoms with Gasteiger partial charge in [-0.3, -0.25) is 14.4 Å². The number of carbonyl (C=O) groups is 3. The van der Waals surface area contributed by atoms with Crippen LogP contribution in [0.2, 0.25) is 10.0 Å². The lowest BCUT2D eigenvalue weighted by Crippen LogP contribution is -2.22. The predicted molar refractivity (Wildman–Crippen MR) is 106 cm³/mol. The molecule has 2 aromatic rings. The molecular formula is C18H15BrCl2N2O4. The van der Waals surface area contributed by atoms with Crippen molar-refractivity contribution in [3.05, 3.63) is 56.1 Å². The molecule has 142 valence electrons. The number of ketones is 1. The molecule has 0 aliphatic carbocycles. The van der Waals surface area contributed by atoms with Gasteiger partial charge in [0.25, 0.3) is 5.91 Å². The summed E-state index contributed by atoms with van der Waals surface area (Å²) in [5.74, 6) is -1.30. The molecule has 0 fully saturated rings. The van der Waals surface area contributed by atoms with Crippen LogP contribution in [-0.4, -0.2) is 29.3 Å². The number of amides is 1. The summed E-state index contributed by atoms with van der Waals surface area (Å²) in [6, 6.07) is 6.81. The molecule has 1 heterocycles. The summed E-state index contributed by atoms with van der Waals surface area (Å²) in [5, 5.41) is 3.03. The first-order chi connectivity index (χ1) is 12.8. The maximum Gasteiger partial charge on any atom is 0.306 e. The van der Waals surface area contributed by atoms with E-state index in [0.29, 0.717) is 16.1 Å². The summed E-state index contributed by atoms with van der Waals surface area (Å²) in [7, 11) is 0. The van der Waals surface area contributed by atoms with Crippen LogP contribution in [0.5, 0.6) is 0 Å². The molecule has 0 radical (unpaired) electrons. The lowest BCUT2D eigenvalue weighted by atomic mass is 10.1. The van der Waals surface area contributed by atoms with Crippen LogP contribution in [0.3, 0.4) is 0 Å². The van der Waals surface area contributed by atoms with Crippen LogP contribution in [0.25, 0.3) is 0 Å². The highest BCUT2D eigenvalue weighted by Gasteiger charge is 2.14. The molecule has 1 aromatic carbocycles. The van der Waals surface area contributed by atoms with E-state index in [1.807, 2.05) is 0 Å². The number of ether oxygens (including phenoxy) is 1. The van der Waals surface area contributed by atoms with Crippen LogP contribution < -0.4 is 5.32 Å². The van der Waals surface area contributed by atoms with Crippen molar-refractivity contribution in [2.45, 2.75) is 19.8 Å². The van der Waals surface area contributed by atoms with Gasteiger partial charge in [0.05, 0.1) is 16.5 Å². The van der Waals surface area contributed by atoms with Crippen LogP contribution >= 0.6 is 39.1 Å². The molecule has 0 saturated heterocycles. The molecule has 0 aliphatic heterocycles. The van der Waals surface area contributed by atoms with E-state index in [1.54, 1.807) is 31.2 Å². The van der Waals surface area contributed by atoms with E-state index in [-0.39, 0.29) is 29.5 Å². The van der Waals surface area contributed by atoms with Crippen molar-refractivity contribution in [1.82, 2.24) is 4.98 Å². The second kappa shape index (κ2) is 9.82. The fourth-order valence-electron chi connectivity index (χ4n) is 2.03. The predicted octanol–water partition coefficient (Wildman–Crippen LogP) is 4.60. The lowest BCUT2D eigenvalue weighted by Gasteiger charge is -2.09. The van der Waals surface area contributed by atoms with Crippen molar-refractivity contribution in [3.63, 3.8) is 0 Å². The van der Waals surface area contributed by atoms with Crippen molar-refractivity contribution in [2.24, 2.45) is 0 Å². The second-order valence-electron chi connectivity index (χ2n) is 5.53. The fourth-order valence-corrected chi connectivity index (χ4v) is 2.68. The van der Waals surface area contributed by atoms with Crippen molar-refractivity contribution >= 4 is 62.6 Å². The van der Waals surface area contributed by atoms with Gasteiger partial charge in [-0.1, -0.05) is 51.3 Å². The third kappa shape index (κ3) is 6.30. The average molecular weight is 474 g/mol. The molecular weight excluding hydrogens is 459 g/mol. The molecule has 1 amide bonds. The Hall–Kier alpha value is -1.96. The van der Waals surface area contributed by atoms with Gasteiger partial charge in [0.1, 0.15) is 0 Å². The number of hydrogen-bond acceptors (Lipinski definition) is 5. The normalized spacial score (nSPS) is 10.4. The minimum atomic E-state index is -0.651. The van der Waals surface area contributed by atoms with Crippen LogP contribution in [0.1, 0.15) is 28.8 Å². The summed E-state index contributed by atoms with van der Waals surface area (Å²) in [5.41, 5.74) is 1.08. The van der Waals surface area contributed by atoms with Gasteiger partial charge in [0, 0.05) is 22.7 Å². The molecule has 0 atom stereocenters.